The molecule has 5 nitrogen and oxygen atoms in total. The number of hydrogen-bond acceptors (Lipinski definition) is 3. The lowest BCUT2D eigenvalue weighted by atomic mass is 10.1. The summed E-state index contributed by atoms with van der Waals surface area (Å²) in [6.07, 6.45) is 2.41. The summed E-state index contributed by atoms with van der Waals surface area (Å²) in [6, 6.07) is 1.53. The van der Waals surface area contributed by atoms with Gasteiger partial charge in [0.1, 0.15) is 5.76 Å². The Balaban J connectivity index is 2.59. The molecule has 1 heterocycles. The third-order valence-corrected chi connectivity index (χ3v) is 2.94. The van der Waals surface area contributed by atoms with Crippen molar-refractivity contribution >= 4 is 27.8 Å². The van der Waals surface area contributed by atoms with Gasteiger partial charge in [0.05, 0.1) is 10.7 Å². The van der Waals surface area contributed by atoms with Crippen LogP contribution in [0.2, 0.25) is 0 Å². The van der Waals surface area contributed by atoms with E-state index in [1.54, 1.807) is 12.3 Å². The first-order valence-electron chi connectivity index (χ1n) is 5.19. The standard InChI is InChI=1S/C11H14BrNO4/c1-7(14)13-8(2-3-11(15)16)6-10-9(12)4-5-17-10/h4-5,8H,2-3,6H2,1H3,(H,13,14)(H,15,16). The number of nitrogens with one attached hydrogen (secondary N) is 1. The van der Waals surface area contributed by atoms with Gasteiger partial charge in [0.25, 0.3) is 0 Å². The van der Waals surface area contributed by atoms with Crippen LogP contribution in [-0.4, -0.2) is 23.0 Å². The molecule has 0 aliphatic carbocycles. The summed E-state index contributed by atoms with van der Waals surface area (Å²) in [5, 5.41) is 11.3. The molecule has 0 radical (unpaired) electrons. The fourth-order valence-electron chi connectivity index (χ4n) is 1.50. The fourth-order valence-corrected chi connectivity index (χ4v) is 1.87. The zero-order valence-electron chi connectivity index (χ0n) is 9.40. The highest BCUT2D eigenvalue weighted by Gasteiger charge is 2.16. The van der Waals surface area contributed by atoms with Crippen molar-refractivity contribution in [2.24, 2.45) is 0 Å². The number of carbonyl (C=O) groups excluding carboxylic acids is 1. The average Bonchev–Trinajstić information content (AvgIpc) is 2.60. The number of hydrogen-bond donors (Lipinski definition) is 2. The second-order valence-corrected chi connectivity index (χ2v) is 4.58. The third-order valence-electron chi connectivity index (χ3n) is 2.24. The van der Waals surface area contributed by atoms with Crippen molar-refractivity contribution in [2.45, 2.75) is 32.2 Å². The Morgan fingerprint density at radius 3 is 2.76 bits per heavy atom. The number of carboxylic acids is 1. The van der Waals surface area contributed by atoms with E-state index in [1.165, 1.54) is 6.92 Å². The normalized spacial score (nSPS) is 12.1. The van der Waals surface area contributed by atoms with Gasteiger partial charge >= 0.3 is 5.97 Å². The van der Waals surface area contributed by atoms with E-state index >= 15 is 0 Å². The van der Waals surface area contributed by atoms with Gasteiger partial charge in [-0.25, -0.2) is 0 Å². The maximum Gasteiger partial charge on any atom is 0.303 e. The van der Waals surface area contributed by atoms with Gasteiger partial charge in [0, 0.05) is 25.8 Å². The van der Waals surface area contributed by atoms with E-state index < -0.39 is 5.97 Å². The molecular weight excluding hydrogens is 290 g/mol. The molecule has 0 spiro atoms. The van der Waals surface area contributed by atoms with Gasteiger partial charge < -0.3 is 14.8 Å². The molecule has 0 saturated heterocycles. The van der Waals surface area contributed by atoms with Gasteiger partial charge in [-0.3, -0.25) is 9.59 Å². The van der Waals surface area contributed by atoms with Crippen LogP contribution >= 0.6 is 15.9 Å². The topological polar surface area (TPSA) is 79.5 Å². The second-order valence-electron chi connectivity index (χ2n) is 3.73. The number of halogens is 1. The van der Waals surface area contributed by atoms with Gasteiger partial charge in [-0.1, -0.05) is 0 Å². The van der Waals surface area contributed by atoms with Gasteiger partial charge in [-0.2, -0.15) is 0 Å². The molecule has 1 aromatic heterocycles. The van der Waals surface area contributed by atoms with Crippen molar-refractivity contribution in [3.8, 4) is 0 Å². The van der Waals surface area contributed by atoms with Crippen LogP contribution in [0.15, 0.2) is 21.2 Å². The molecule has 1 atom stereocenters. The molecule has 1 aromatic rings. The van der Waals surface area contributed by atoms with Crippen LogP contribution in [0.1, 0.15) is 25.5 Å². The van der Waals surface area contributed by atoms with Crippen LogP contribution in [0, 0.1) is 0 Å². The van der Waals surface area contributed by atoms with Crippen molar-refractivity contribution < 1.29 is 19.1 Å². The lowest BCUT2D eigenvalue weighted by Gasteiger charge is -2.15. The van der Waals surface area contributed by atoms with E-state index in [0.717, 1.165) is 4.47 Å². The SMILES string of the molecule is CC(=O)NC(CCC(=O)O)Cc1occc1Br. The van der Waals surface area contributed by atoms with E-state index in [9.17, 15) is 9.59 Å². The van der Waals surface area contributed by atoms with E-state index in [2.05, 4.69) is 21.2 Å². The van der Waals surface area contributed by atoms with E-state index in [4.69, 9.17) is 9.52 Å². The minimum atomic E-state index is -0.876. The van der Waals surface area contributed by atoms with Gasteiger partial charge in [0.2, 0.25) is 5.91 Å². The smallest absolute Gasteiger partial charge is 0.303 e. The first-order chi connectivity index (χ1) is 7.99. The van der Waals surface area contributed by atoms with Crippen LogP contribution in [0.25, 0.3) is 0 Å². The summed E-state index contributed by atoms with van der Waals surface area (Å²) < 4.78 is 6.06. The number of furan rings is 1. The first-order valence-corrected chi connectivity index (χ1v) is 5.99. The maximum atomic E-state index is 11.0. The molecule has 0 saturated carbocycles. The van der Waals surface area contributed by atoms with Crippen LogP contribution < -0.4 is 5.32 Å². The molecular formula is C11H14BrNO4. The summed E-state index contributed by atoms with van der Waals surface area (Å²) in [5.41, 5.74) is 0. The zero-order valence-corrected chi connectivity index (χ0v) is 11.0. The number of carboxylic acid groups (broad SMARTS) is 1. The molecule has 0 aromatic carbocycles. The summed E-state index contributed by atoms with van der Waals surface area (Å²) in [6.45, 7) is 1.41. The van der Waals surface area contributed by atoms with Crippen molar-refractivity contribution in [1.82, 2.24) is 5.32 Å². The number of aliphatic carboxylic acids is 1. The minimum Gasteiger partial charge on any atom is -0.481 e. The second kappa shape index (κ2) is 6.44. The molecule has 0 bridgehead atoms. The largest absolute Gasteiger partial charge is 0.481 e. The molecule has 1 amide bonds. The molecule has 1 unspecified atom stereocenters. The predicted molar refractivity (Wildman–Crippen MR) is 64.6 cm³/mol. The summed E-state index contributed by atoms with van der Waals surface area (Å²) in [5.74, 6) is -0.351. The summed E-state index contributed by atoms with van der Waals surface area (Å²) in [4.78, 5) is 21.5. The maximum absolute atomic E-state index is 11.0. The molecule has 0 aliphatic heterocycles. The van der Waals surface area contributed by atoms with Crippen LogP contribution in [0.5, 0.6) is 0 Å². The predicted octanol–water partition coefficient (Wildman–Crippen LogP) is 1.95. The summed E-state index contributed by atoms with van der Waals surface area (Å²) >= 11 is 3.32. The van der Waals surface area contributed by atoms with Crippen LogP contribution in [0.3, 0.4) is 0 Å². The Labute approximate surface area is 107 Å². The van der Waals surface area contributed by atoms with E-state index in [1.807, 2.05) is 0 Å². The average molecular weight is 304 g/mol. The minimum absolute atomic E-state index is 0.0171. The van der Waals surface area contributed by atoms with Crippen molar-refractivity contribution in [2.75, 3.05) is 0 Å². The quantitative estimate of drug-likeness (QED) is 0.842. The number of carbonyl (C=O) groups is 2. The number of amides is 1. The molecule has 1 rings (SSSR count). The van der Waals surface area contributed by atoms with Gasteiger partial charge in [0.15, 0.2) is 0 Å². The molecule has 0 fully saturated rings. The zero-order chi connectivity index (χ0) is 12.8. The van der Waals surface area contributed by atoms with Crippen LogP contribution in [-0.2, 0) is 16.0 Å². The molecule has 0 aliphatic rings. The lowest BCUT2D eigenvalue weighted by molar-refractivity contribution is -0.137. The van der Waals surface area contributed by atoms with E-state index in [0.29, 0.717) is 18.6 Å². The highest BCUT2D eigenvalue weighted by molar-refractivity contribution is 9.10. The summed E-state index contributed by atoms with van der Waals surface area (Å²) in [7, 11) is 0. The molecule has 17 heavy (non-hydrogen) atoms. The highest BCUT2D eigenvalue weighted by Crippen LogP contribution is 2.20. The Bertz CT molecular complexity index is 402. The fraction of sp³-hybridized carbons (Fsp3) is 0.455. The number of rotatable bonds is 6. The Kier molecular flexibility index (Phi) is 5.21. The lowest BCUT2D eigenvalue weighted by Crippen LogP contribution is -2.35. The highest BCUT2D eigenvalue weighted by atomic mass is 79.9. The van der Waals surface area contributed by atoms with E-state index in [-0.39, 0.29) is 18.4 Å². The molecule has 2 N–H and O–H groups in total. The Morgan fingerprint density at radius 2 is 2.29 bits per heavy atom. The third kappa shape index (κ3) is 5.04. The Hall–Kier alpha value is -1.30. The molecule has 6 heteroatoms. The van der Waals surface area contributed by atoms with Crippen molar-refractivity contribution in [1.29, 1.82) is 0 Å². The van der Waals surface area contributed by atoms with Crippen LogP contribution in [0.4, 0.5) is 0 Å². The van der Waals surface area contributed by atoms with Crippen molar-refractivity contribution in [3.63, 3.8) is 0 Å². The molecule has 94 valence electrons. The van der Waals surface area contributed by atoms with Gasteiger partial charge in [-0.15, -0.1) is 0 Å². The van der Waals surface area contributed by atoms with Gasteiger partial charge in [-0.05, 0) is 28.4 Å². The Morgan fingerprint density at radius 1 is 1.59 bits per heavy atom. The van der Waals surface area contributed by atoms with Crippen molar-refractivity contribution in [3.05, 3.63) is 22.6 Å². The monoisotopic (exact) mass is 303 g/mol. The first kappa shape index (κ1) is 13.8.